The van der Waals surface area contributed by atoms with Crippen LogP contribution < -0.4 is 5.32 Å². The summed E-state index contributed by atoms with van der Waals surface area (Å²) in [5.41, 5.74) is 0.610. The fourth-order valence-electron chi connectivity index (χ4n) is 3.48. The van der Waals surface area contributed by atoms with Gasteiger partial charge in [0, 0.05) is 25.4 Å². The number of ether oxygens (including phenoxy) is 1. The number of aliphatic hydroxyl groups is 1. The number of imidazole rings is 1. The zero-order valence-electron chi connectivity index (χ0n) is 16.3. The van der Waals surface area contributed by atoms with Crippen LogP contribution in [-0.4, -0.2) is 58.9 Å². The summed E-state index contributed by atoms with van der Waals surface area (Å²) in [6, 6.07) is 3.91. The zero-order chi connectivity index (χ0) is 20.5. The Morgan fingerprint density at radius 3 is 3.23 bits per heavy atom. The van der Waals surface area contributed by atoms with Gasteiger partial charge in [0.05, 0.1) is 29.9 Å². The molecule has 0 bridgehead atoms. The third-order valence-electron chi connectivity index (χ3n) is 4.83. The number of rotatable bonds is 5. The molecule has 2 N–H and O–H groups in total. The lowest BCUT2D eigenvalue weighted by molar-refractivity contribution is 0.0199. The average Bonchev–Trinajstić information content (AvgIpc) is 3.49. The molecule has 9 nitrogen and oxygen atoms in total. The highest BCUT2D eigenvalue weighted by Gasteiger charge is 2.42. The van der Waals surface area contributed by atoms with Crippen LogP contribution in [0, 0.1) is 0 Å². The van der Waals surface area contributed by atoms with Crippen molar-refractivity contribution in [1.82, 2.24) is 29.9 Å². The van der Waals surface area contributed by atoms with Gasteiger partial charge in [-0.25, -0.2) is 9.67 Å². The van der Waals surface area contributed by atoms with Crippen molar-refractivity contribution in [2.45, 2.75) is 37.5 Å². The molecule has 0 saturated carbocycles. The Bertz CT molecular complexity index is 1070. The Morgan fingerprint density at radius 1 is 1.47 bits per heavy atom. The Kier molecular flexibility index (Phi) is 5.32. The van der Waals surface area contributed by atoms with Crippen LogP contribution in [0.4, 0.5) is 0 Å². The van der Waals surface area contributed by atoms with Gasteiger partial charge in [0.2, 0.25) is 0 Å². The molecule has 3 aromatic rings. The maximum atomic E-state index is 10.5. The summed E-state index contributed by atoms with van der Waals surface area (Å²) in [6.45, 7) is 3.25. The maximum Gasteiger partial charge on any atom is 0.173 e. The molecular formula is C19H21N7O2S2. The maximum absolute atomic E-state index is 10.5. The molecule has 2 saturated heterocycles. The van der Waals surface area contributed by atoms with Gasteiger partial charge in [-0.05, 0) is 30.1 Å². The average molecular weight is 444 g/mol. The molecule has 0 unspecified atom stereocenters. The highest BCUT2D eigenvalue weighted by Crippen LogP contribution is 2.35. The number of hydrogen-bond donors (Lipinski definition) is 2. The fraction of sp³-hybridized carbons (Fsp3) is 0.368. The van der Waals surface area contributed by atoms with Crippen molar-refractivity contribution in [3.63, 3.8) is 0 Å². The lowest BCUT2D eigenvalue weighted by Gasteiger charge is -2.31. The number of hydrogen-bond acceptors (Lipinski definition) is 8. The van der Waals surface area contributed by atoms with Crippen LogP contribution in [0.1, 0.15) is 19.0 Å². The van der Waals surface area contributed by atoms with E-state index in [1.54, 1.807) is 28.4 Å². The number of thiophene rings is 1. The Labute approximate surface area is 181 Å². The van der Waals surface area contributed by atoms with Crippen LogP contribution in [0.3, 0.4) is 0 Å². The molecule has 3 atom stereocenters. The summed E-state index contributed by atoms with van der Waals surface area (Å²) in [5.74, 6) is 1.59. The van der Waals surface area contributed by atoms with E-state index >= 15 is 0 Å². The van der Waals surface area contributed by atoms with Gasteiger partial charge in [0.1, 0.15) is 23.3 Å². The second-order valence-corrected chi connectivity index (χ2v) is 9.00. The molecule has 5 rings (SSSR count). The predicted octanol–water partition coefficient (Wildman–Crippen LogP) is 2.24. The molecule has 2 aliphatic heterocycles. The fourth-order valence-corrected chi connectivity index (χ4v) is 5.41. The summed E-state index contributed by atoms with van der Waals surface area (Å²) in [4.78, 5) is 9.95. The molecule has 0 aromatic carbocycles. The molecule has 0 spiro atoms. The van der Waals surface area contributed by atoms with E-state index in [0.717, 1.165) is 21.6 Å². The highest BCUT2D eigenvalue weighted by atomic mass is 32.2. The summed E-state index contributed by atoms with van der Waals surface area (Å²) >= 11 is 3.16. The number of nitrogens with one attached hydrogen (secondary N) is 1. The molecule has 2 aliphatic rings. The van der Waals surface area contributed by atoms with Gasteiger partial charge in [0.25, 0.3) is 0 Å². The minimum absolute atomic E-state index is 0.152. The number of thioether (sulfide) groups is 1. The monoisotopic (exact) mass is 443 g/mol. The number of aliphatic hydroxyl groups excluding tert-OH is 1. The third kappa shape index (κ3) is 3.87. The summed E-state index contributed by atoms with van der Waals surface area (Å²) < 4.78 is 9.75. The summed E-state index contributed by atoms with van der Waals surface area (Å²) in [5, 5.41) is 25.1. The van der Waals surface area contributed by atoms with Crippen LogP contribution in [0.25, 0.3) is 16.9 Å². The van der Waals surface area contributed by atoms with Gasteiger partial charge in [-0.15, -0.1) is 16.4 Å². The molecule has 0 radical (unpaired) electrons. The number of aromatic nitrogens is 5. The SMILES string of the molecule is CCN=C1N[C@H]2[C@H](O/C(=C\n3cc(Cn4ccnc4-c4cccs4)nn3)C[C@@H]2O)S1. The van der Waals surface area contributed by atoms with Gasteiger partial charge in [-0.3, -0.25) is 4.99 Å². The van der Waals surface area contributed by atoms with Crippen LogP contribution >= 0.6 is 23.1 Å². The van der Waals surface area contributed by atoms with Crippen molar-refractivity contribution < 1.29 is 9.84 Å². The van der Waals surface area contributed by atoms with E-state index in [2.05, 4.69) is 31.7 Å². The van der Waals surface area contributed by atoms with E-state index in [9.17, 15) is 5.11 Å². The molecule has 0 aliphatic carbocycles. The van der Waals surface area contributed by atoms with E-state index in [4.69, 9.17) is 4.74 Å². The van der Waals surface area contributed by atoms with Crippen LogP contribution in [0.2, 0.25) is 0 Å². The second kappa shape index (κ2) is 8.25. The first-order chi connectivity index (χ1) is 14.7. The first kappa shape index (κ1) is 19.3. The number of aliphatic imine (C=N–C) groups is 1. The van der Waals surface area contributed by atoms with Gasteiger partial charge in [0.15, 0.2) is 10.6 Å². The number of amidine groups is 1. The first-order valence-electron chi connectivity index (χ1n) is 9.68. The minimum atomic E-state index is -0.547. The van der Waals surface area contributed by atoms with Crippen molar-refractivity contribution in [3.05, 3.63) is 47.6 Å². The Balaban J connectivity index is 1.29. The molecule has 5 heterocycles. The van der Waals surface area contributed by atoms with E-state index in [1.807, 2.05) is 35.3 Å². The standard InChI is InChI=1S/C19H21N7O2S2/c1-2-20-19-22-16-14(27)8-13(28-18(16)30-19)11-26-10-12(23-24-26)9-25-6-5-21-17(25)15-4-3-7-29-15/h3-7,10-11,14,16,18,27H,2,8-9H2,1H3,(H,20,22)/b13-11-/t14-,16+,18+/m0/s1. The van der Waals surface area contributed by atoms with E-state index in [1.165, 1.54) is 11.8 Å². The lowest BCUT2D eigenvalue weighted by atomic mass is 10.1. The zero-order valence-corrected chi connectivity index (χ0v) is 17.9. The van der Waals surface area contributed by atoms with Crippen LogP contribution in [-0.2, 0) is 11.3 Å². The Morgan fingerprint density at radius 2 is 2.40 bits per heavy atom. The molecule has 3 aromatic heterocycles. The summed E-state index contributed by atoms with van der Waals surface area (Å²) in [6.07, 6.45) is 7.23. The molecular weight excluding hydrogens is 422 g/mol. The van der Waals surface area contributed by atoms with Crippen molar-refractivity contribution >= 4 is 34.5 Å². The smallest absolute Gasteiger partial charge is 0.173 e. The van der Waals surface area contributed by atoms with Gasteiger partial charge in [-0.1, -0.05) is 11.3 Å². The van der Waals surface area contributed by atoms with E-state index < -0.39 is 6.10 Å². The van der Waals surface area contributed by atoms with Crippen molar-refractivity contribution in [1.29, 1.82) is 0 Å². The first-order valence-corrected chi connectivity index (χ1v) is 11.4. The molecule has 0 amide bonds. The van der Waals surface area contributed by atoms with E-state index in [-0.39, 0.29) is 11.5 Å². The second-order valence-electron chi connectivity index (χ2n) is 6.97. The third-order valence-corrected chi connectivity index (χ3v) is 6.79. The largest absolute Gasteiger partial charge is 0.480 e. The highest BCUT2D eigenvalue weighted by molar-refractivity contribution is 8.14. The normalized spacial score (nSPS) is 26.0. The minimum Gasteiger partial charge on any atom is -0.480 e. The van der Waals surface area contributed by atoms with Crippen molar-refractivity contribution in [2.24, 2.45) is 4.99 Å². The molecule has 2 fully saturated rings. The van der Waals surface area contributed by atoms with Gasteiger partial charge in [-0.2, -0.15) is 0 Å². The van der Waals surface area contributed by atoms with Crippen molar-refractivity contribution in [2.75, 3.05) is 6.54 Å². The quantitative estimate of drug-likeness (QED) is 0.623. The summed E-state index contributed by atoms with van der Waals surface area (Å²) in [7, 11) is 0. The molecule has 11 heteroatoms. The predicted molar refractivity (Wildman–Crippen MR) is 117 cm³/mol. The van der Waals surface area contributed by atoms with Crippen molar-refractivity contribution in [3.8, 4) is 10.7 Å². The van der Waals surface area contributed by atoms with Crippen LogP contribution in [0.15, 0.2) is 46.9 Å². The lowest BCUT2D eigenvalue weighted by Crippen LogP contribution is -2.46. The molecule has 30 heavy (non-hydrogen) atoms. The topological polar surface area (TPSA) is 102 Å². The van der Waals surface area contributed by atoms with E-state index in [0.29, 0.717) is 25.3 Å². The number of fused-ring (bicyclic) bond motifs is 1. The Hall–Kier alpha value is -2.63. The van der Waals surface area contributed by atoms with Gasteiger partial charge < -0.3 is 19.7 Å². The number of nitrogens with zero attached hydrogens (tertiary/aromatic N) is 6. The molecule has 156 valence electrons. The van der Waals surface area contributed by atoms with Gasteiger partial charge >= 0.3 is 0 Å². The van der Waals surface area contributed by atoms with Crippen LogP contribution in [0.5, 0.6) is 0 Å².